The van der Waals surface area contributed by atoms with Gasteiger partial charge in [0.15, 0.2) is 4.32 Å². The lowest BCUT2D eigenvalue weighted by Crippen LogP contribution is -2.33. The van der Waals surface area contributed by atoms with E-state index in [-0.39, 0.29) is 10.1 Å². The van der Waals surface area contributed by atoms with Crippen LogP contribution in [0.5, 0.6) is 0 Å². The number of thioether (sulfide) groups is 1. The van der Waals surface area contributed by atoms with Crippen molar-refractivity contribution in [2.24, 2.45) is 0 Å². The Morgan fingerprint density at radius 1 is 1.77 bits per heavy atom. The summed E-state index contributed by atoms with van der Waals surface area (Å²) in [6, 6.07) is 0. The minimum absolute atomic E-state index is 0.123. The molecule has 1 aliphatic heterocycles. The third-order valence-corrected chi connectivity index (χ3v) is 2.30. The van der Waals surface area contributed by atoms with Gasteiger partial charge in [0, 0.05) is 0 Å². The molecule has 0 aromatic carbocycles. The number of thiocarbonyl (C=S) groups is 2. The van der Waals surface area contributed by atoms with Gasteiger partial charge < -0.3 is 5.11 Å². The van der Waals surface area contributed by atoms with E-state index in [2.05, 4.69) is 24.4 Å². The van der Waals surface area contributed by atoms with Crippen LogP contribution in [0.3, 0.4) is 0 Å². The lowest BCUT2D eigenvalue weighted by Gasteiger charge is -2.05. The van der Waals surface area contributed by atoms with Gasteiger partial charge in [0.05, 0.1) is 10.9 Å². The summed E-state index contributed by atoms with van der Waals surface area (Å²) < 4.78 is 0.123. The standard InChI is InChI=1S/C4H3NO3S2.CHNS/c6-2-1-10-4(9)5(2)3(7)8;2-1-3/h1H2,(H,7,8);2H. The number of hydrogen-bond donors (Lipinski definition) is 2. The van der Waals surface area contributed by atoms with Gasteiger partial charge in [0.1, 0.15) is 0 Å². The summed E-state index contributed by atoms with van der Waals surface area (Å²) in [6.07, 6.45) is -1.29. The average molecular weight is 236 g/mol. The molecule has 2 amide bonds. The number of amides is 2. The highest BCUT2D eigenvalue weighted by molar-refractivity contribution is 8.24. The number of imide groups is 1. The Balaban J connectivity index is 0.000000424. The zero-order valence-electron chi connectivity index (χ0n) is 6.14. The van der Waals surface area contributed by atoms with E-state index in [9.17, 15) is 9.59 Å². The number of carbonyl (C=O) groups is 2. The molecule has 1 saturated heterocycles. The van der Waals surface area contributed by atoms with E-state index in [1.165, 1.54) is 0 Å². The van der Waals surface area contributed by atoms with Gasteiger partial charge in [0.2, 0.25) is 5.91 Å². The lowest BCUT2D eigenvalue weighted by atomic mass is 10.6. The van der Waals surface area contributed by atoms with E-state index in [0.717, 1.165) is 11.8 Å². The molecule has 0 spiro atoms. The van der Waals surface area contributed by atoms with Crippen molar-refractivity contribution in [2.75, 3.05) is 5.75 Å². The molecule has 1 heterocycles. The number of hydrogen-bond acceptors (Lipinski definition) is 6. The topological polar surface area (TPSA) is 81.5 Å². The molecule has 1 aliphatic rings. The van der Waals surface area contributed by atoms with Crippen LogP contribution in [0.4, 0.5) is 4.79 Å². The minimum atomic E-state index is -1.29. The summed E-state index contributed by atoms with van der Waals surface area (Å²) in [5, 5.41) is 15.7. The van der Waals surface area contributed by atoms with Gasteiger partial charge in [0.25, 0.3) is 0 Å². The van der Waals surface area contributed by atoms with Crippen molar-refractivity contribution in [3.05, 3.63) is 0 Å². The summed E-state index contributed by atoms with van der Waals surface area (Å²) >= 11 is 9.46. The number of carbonyl (C=O) groups excluding carboxylic acids is 1. The monoisotopic (exact) mass is 236 g/mol. The highest BCUT2D eigenvalue weighted by atomic mass is 32.2. The number of isothiocyanates is 1. The highest BCUT2D eigenvalue weighted by Gasteiger charge is 2.31. The maximum atomic E-state index is 10.7. The first-order valence-electron chi connectivity index (χ1n) is 2.81. The van der Waals surface area contributed by atoms with Crippen LogP contribution in [-0.2, 0) is 4.79 Å². The summed E-state index contributed by atoms with van der Waals surface area (Å²) in [5.41, 5.74) is 0. The third kappa shape index (κ3) is 3.60. The predicted molar refractivity (Wildman–Crippen MR) is 55.2 cm³/mol. The van der Waals surface area contributed by atoms with Crippen molar-refractivity contribution < 1.29 is 14.7 Å². The van der Waals surface area contributed by atoms with Gasteiger partial charge in [-0.15, -0.1) is 0 Å². The normalized spacial score (nSPS) is 14.6. The summed E-state index contributed by atoms with van der Waals surface area (Å²) in [7, 11) is 0. The first-order chi connectivity index (χ1) is 6.04. The molecular weight excluding hydrogens is 232 g/mol. The second kappa shape index (κ2) is 5.76. The Bertz CT molecular complexity index is 269. The second-order valence-corrected chi connectivity index (χ2v) is 3.48. The Hall–Kier alpha value is -0.820. The molecule has 2 N–H and O–H groups in total. The molecule has 8 heteroatoms. The number of carboxylic acid groups (broad SMARTS) is 1. The largest absolute Gasteiger partial charge is 0.464 e. The predicted octanol–water partition coefficient (Wildman–Crippen LogP) is 1.19. The van der Waals surface area contributed by atoms with Crippen molar-refractivity contribution in [1.82, 2.24) is 4.90 Å². The van der Waals surface area contributed by atoms with Gasteiger partial charge in [-0.3, -0.25) is 4.79 Å². The maximum absolute atomic E-state index is 10.7. The van der Waals surface area contributed by atoms with Crippen LogP contribution in [0.25, 0.3) is 0 Å². The second-order valence-electron chi connectivity index (χ2n) is 1.67. The van der Waals surface area contributed by atoms with Crippen LogP contribution in [-0.4, -0.2) is 37.2 Å². The van der Waals surface area contributed by atoms with Crippen molar-refractivity contribution in [2.45, 2.75) is 0 Å². The van der Waals surface area contributed by atoms with Crippen LogP contribution in [0.15, 0.2) is 0 Å². The molecular formula is C5H4N2O3S3. The Kier molecular flexibility index (Phi) is 5.40. The molecule has 0 atom stereocenters. The molecule has 5 nitrogen and oxygen atoms in total. The fourth-order valence-electron chi connectivity index (χ4n) is 0.539. The zero-order valence-corrected chi connectivity index (χ0v) is 8.59. The lowest BCUT2D eigenvalue weighted by molar-refractivity contribution is -0.122. The molecule has 1 fully saturated rings. The fraction of sp³-hybridized carbons (Fsp3) is 0.200. The van der Waals surface area contributed by atoms with E-state index in [0.29, 0.717) is 4.90 Å². The van der Waals surface area contributed by atoms with Crippen LogP contribution in [0, 0.1) is 5.41 Å². The molecule has 13 heavy (non-hydrogen) atoms. The number of nitrogens with zero attached hydrogens (tertiary/aromatic N) is 1. The van der Waals surface area contributed by atoms with Gasteiger partial charge in [-0.05, 0) is 12.2 Å². The van der Waals surface area contributed by atoms with Crippen molar-refractivity contribution >= 4 is 57.7 Å². The van der Waals surface area contributed by atoms with Gasteiger partial charge in [-0.25, -0.2) is 10.2 Å². The van der Waals surface area contributed by atoms with Crippen molar-refractivity contribution in [3.8, 4) is 0 Å². The van der Waals surface area contributed by atoms with E-state index >= 15 is 0 Å². The summed E-state index contributed by atoms with van der Waals surface area (Å²) in [4.78, 5) is 21.5. The van der Waals surface area contributed by atoms with Crippen molar-refractivity contribution in [1.29, 1.82) is 5.41 Å². The van der Waals surface area contributed by atoms with Crippen molar-refractivity contribution in [3.63, 3.8) is 0 Å². The first-order valence-corrected chi connectivity index (χ1v) is 4.61. The molecule has 0 aliphatic carbocycles. The fourth-order valence-corrected chi connectivity index (χ4v) is 1.58. The smallest absolute Gasteiger partial charge is 0.419 e. The molecule has 0 aromatic heterocycles. The first kappa shape index (κ1) is 12.2. The zero-order chi connectivity index (χ0) is 10.4. The van der Waals surface area contributed by atoms with E-state index in [4.69, 9.17) is 10.5 Å². The van der Waals surface area contributed by atoms with E-state index < -0.39 is 12.0 Å². The Morgan fingerprint density at radius 3 is 2.38 bits per heavy atom. The molecule has 0 bridgehead atoms. The minimum Gasteiger partial charge on any atom is -0.464 e. The molecule has 0 unspecified atom stereocenters. The molecule has 70 valence electrons. The average Bonchev–Trinajstić information content (AvgIpc) is 2.32. The van der Waals surface area contributed by atoms with Crippen LogP contribution in [0.1, 0.15) is 0 Å². The summed E-state index contributed by atoms with van der Waals surface area (Å²) in [5.74, 6) is -0.312. The Morgan fingerprint density at radius 2 is 2.23 bits per heavy atom. The SMILES string of the molecule is N=C=S.O=C(O)N1C(=O)CSC1=S. The van der Waals surface area contributed by atoms with E-state index in [1.807, 2.05) is 0 Å². The van der Waals surface area contributed by atoms with Gasteiger partial charge in [-0.2, -0.15) is 4.90 Å². The number of nitrogens with one attached hydrogen (secondary N) is 1. The molecule has 0 saturated carbocycles. The van der Waals surface area contributed by atoms with Crippen LogP contribution >= 0.6 is 36.2 Å². The molecule has 0 aromatic rings. The van der Waals surface area contributed by atoms with Gasteiger partial charge >= 0.3 is 6.09 Å². The van der Waals surface area contributed by atoms with Crippen LogP contribution < -0.4 is 0 Å². The highest BCUT2D eigenvalue weighted by Crippen LogP contribution is 2.18. The third-order valence-electron chi connectivity index (χ3n) is 0.942. The molecule has 0 radical (unpaired) electrons. The summed E-state index contributed by atoms with van der Waals surface area (Å²) in [6.45, 7) is 0. The van der Waals surface area contributed by atoms with Crippen LogP contribution in [0.2, 0.25) is 0 Å². The van der Waals surface area contributed by atoms with Gasteiger partial charge in [-0.1, -0.05) is 24.0 Å². The maximum Gasteiger partial charge on any atom is 0.419 e. The number of rotatable bonds is 0. The molecule has 1 rings (SSSR count). The van der Waals surface area contributed by atoms with E-state index in [1.54, 1.807) is 5.16 Å². The Labute approximate surface area is 88.6 Å². The quantitative estimate of drug-likeness (QED) is 0.485.